The zero-order valence-electron chi connectivity index (χ0n) is 16.7. The molecule has 2 aliphatic rings. The number of anilines is 2. The Labute approximate surface area is 174 Å². The third kappa shape index (κ3) is 4.30. The van der Waals surface area contributed by atoms with E-state index in [9.17, 15) is 18.4 Å². The average Bonchev–Trinajstić information content (AvgIpc) is 3.28. The van der Waals surface area contributed by atoms with Crippen molar-refractivity contribution in [2.75, 3.05) is 23.3 Å². The number of nitrogens with zero attached hydrogens (tertiary/aromatic N) is 2. The van der Waals surface area contributed by atoms with E-state index >= 15 is 0 Å². The molecule has 2 aromatic rings. The van der Waals surface area contributed by atoms with Crippen LogP contribution in [0.4, 0.5) is 25.0 Å². The summed E-state index contributed by atoms with van der Waals surface area (Å²) in [5, 5.41) is 2.99. The van der Waals surface area contributed by atoms with E-state index in [0.717, 1.165) is 43.9 Å². The van der Waals surface area contributed by atoms with E-state index in [1.165, 1.54) is 4.90 Å². The molecule has 0 bridgehead atoms. The Morgan fingerprint density at radius 3 is 2.60 bits per heavy atom. The van der Waals surface area contributed by atoms with Gasteiger partial charge in [0.05, 0.1) is 17.9 Å². The first-order valence-electron chi connectivity index (χ1n) is 10.4. The van der Waals surface area contributed by atoms with Crippen LogP contribution in [0.15, 0.2) is 42.5 Å². The molecule has 0 atom stereocenters. The highest BCUT2D eigenvalue weighted by Gasteiger charge is 2.30. The minimum Gasteiger partial charge on any atom is -0.324 e. The Hall–Kier alpha value is -2.96. The van der Waals surface area contributed by atoms with Gasteiger partial charge in [0.25, 0.3) is 0 Å². The van der Waals surface area contributed by atoms with Crippen LogP contribution in [0, 0.1) is 17.6 Å². The van der Waals surface area contributed by atoms with Gasteiger partial charge in [-0.25, -0.2) is 13.6 Å². The Bertz CT molecular complexity index is 944. The van der Waals surface area contributed by atoms with Crippen molar-refractivity contribution < 1.29 is 18.4 Å². The highest BCUT2D eigenvalue weighted by atomic mass is 19.1. The van der Waals surface area contributed by atoms with Crippen molar-refractivity contribution in [2.45, 2.75) is 38.6 Å². The van der Waals surface area contributed by atoms with Crippen LogP contribution < -0.4 is 10.2 Å². The third-order valence-corrected chi connectivity index (χ3v) is 5.86. The van der Waals surface area contributed by atoms with Gasteiger partial charge in [-0.15, -0.1) is 0 Å². The molecule has 7 heteroatoms. The van der Waals surface area contributed by atoms with Gasteiger partial charge >= 0.3 is 6.03 Å². The molecule has 5 nitrogen and oxygen atoms in total. The van der Waals surface area contributed by atoms with Gasteiger partial charge in [-0.1, -0.05) is 25.0 Å². The minimum absolute atomic E-state index is 0.00444. The zero-order valence-corrected chi connectivity index (χ0v) is 16.7. The highest BCUT2D eigenvalue weighted by Crippen LogP contribution is 2.31. The van der Waals surface area contributed by atoms with Gasteiger partial charge in [-0.2, -0.15) is 0 Å². The van der Waals surface area contributed by atoms with Gasteiger partial charge in [-0.05, 0) is 49.6 Å². The van der Waals surface area contributed by atoms with Crippen molar-refractivity contribution >= 4 is 23.3 Å². The van der Waals surface area contributed by atoms with E-state index in [4.69, 9.17) is 0 Å². The van der Waals surface area contributed by atoms with Crippen molar-refractivity contribution in [3.8, 4) is 0 Å². The third-order valence-electron chi connectivity index (χ3n) is 5.86. The summed E-state index contributed by atoms with van der Waals surface area (Å²) in [6.45, 7) is 0.953. The molecule has 1 saturated heterocycles. The lowest BCUT2D eigenvalue weighted by atomic mass is 10.1. The van der Waals surface area contributed by atoms with E-state index in [0.29, 0.717) is 30.9 Å². The molecule has 0 aromatic heterocycles. The van der Waals surface area contributed by atoms with Crippen LogP contribution >= 0.6 is 0 Å². The van der Waals surface area contributed by atoms with Crippen LogP contribution in [0.1, 0.15) is 37.7 Å². The number of urea groups is 1. The van der Waals surface area contributed by atoms with Crippen molar-refractivity contribution in [1.29, 1.82) is 0 Å². The maximum atomic E-state index is 14.1. The van der Waals surface area contributed by atoms with Crippen LogP contribution in [0.25, 0.3) is 0 Å². The lowest BCUT2D eigenvalue weighted by Gasteiger charge is -2.36. The molecule has 2 aromatic carbocycles. The van der Waals surface area contributed by atoms with Crippen LogP contribution in [0.2, 0.25) is 0 Å². The average molecular weight is 413 g/mol. The summed E-state index contributed by atoms with van der Waals surface area (Å²) in [6.07, 6.45) is 4.60. The topological polar surface area (TPSA) is 52.7 Å². The van der Waals surface area contributed by atoms with Crippen LogP contribution in [0.5, 0.6) is 0 Å². The molecular formula is C23H25F2N3O2. The molecule has 0 spiro atoms. The van der Waals surface area contributed by atoms with E-state index in [-0.39, 0.29) is 30.0 Å². The molecule has 30 heavy (non-hydrogen) atoms. The van der Waals surface area contributed by atoms with Gasteiger partial charge in [0.15, 0.2) is 0 Å². The summed E-state index contributed by atoms with van der Waals surface area (Å²) >= 11 is 0. The molecule has 4 rings (SSSR count). The Balaban J connectivity index is 1.53. The van der Waals surface area contributed by atoms with Gasteiger partial charge in [0, 0.05) is 24.6 Å². The lowest BCUT2D eigenvalue weighted by molar-refractivity contribution is -0.119. The number of halogens is 2. The molecule has 0 radical (unpaired) electrons. The Kier molecular flexibility index (Phi) is 5.97. The SMILES string of the molecule is O=C(Nc1ccccc1N1CCCN(Cc2cc(F)ccc2F)C1=O)C1CCCC1. The molecule has 1 saturated carbocycles. The second-order valence-corrected chi connectivity index (χ2v) is 7.93. The molecule has 1 N–H and O–H groups in total. The number of hydrogen-bond acceptors (Lipinski definition) is 2. The van der Waals surface area contributed by atoms with Crippen molar-refractivity contribution in [2.24, 2.45) is 5.92 Å². The summed E-state index contributed by atoms with van der Waals surface area (Å²) in [7, 11) is 0. The number of rotatable bonds is 5. The highest BCUT2D eigenvalue weighted by molar-refractivity contribution is 6.01. The second-order valence-electron chi connectivity index (χ2n) is 7.93. The molecule has 158 valence electrons. The largest absolute Gasteiger partial charge is 0.324 e. The van der Waals surface area contributed by atoms with Gasteiger partial charge in [-0.3, -0.25) is 9.69 Å². The molecule has 1 aliphatic heterocycles. The quantitative estimate of drug-likeness (QED) is 0.756. The van der Waals surface area contributed by atoms with Crippen LogP contribution in [0.3, 0.4) is 0 Å². The van der Waals surface area contributed by atoms with E-state index in [1.807, 2.05) is 12.1 Å². The monoisotopic (exact) mass is 413 g/mol. The lowest BCUT2D eigenvalue weighted by Crippen LogP contribution is -2.49. The Morgan fingerprint density at radius 2 is 1.80 bits per heavy atom. The van der Waals surface area contributed by atoms with Crippen molar-refractivity contribution in [3.63, 3.8) is 0 Å². The van der Waals surface area contributed by atoms with Gasteiger partial charge in [0.2, 0.25) is 5.91 Å². The van der Waals surface area contributed by atoms with Crippen molar-refractivity contribution in [1.82, 2.24) is 4.90 Å². The molecular weight excluding hydrogens is 388 g/mol. The van der Waals surface area contributed by atoms with E-state index in [1.54, 1.807) is 17.0 Å². The first-order chi connectivity index (χ1) is 14.5. The number of para-hydroxylation sites is 2. The van der Waals surface area contributed by atoms with Gasteiger partial charge < -0.3 is 10.2 Å². The zero-order chi connectivity index (χ0) is 21.1. The number of carbonyl (C=O) groups is 2. The summed E-state index contributed by atoms with van der Waals surface area (Å²) in [6, 6.07) is 10.2. The smallest absolute Gasteiger partial charge is 0.324 e. The molecule has 1 aliphatic carbocycles. The maximum absolute atomic E-state index is 14.1. The minimum atomic E-state index is -0.537. The second kappa shape index (κ2) is 8.81. The first-order valence-corrected chi connectivity index (χ1v) is 10.4. The number of nitrogens with one attached hydrogen (secondary N) is 1. The molecule has 3 amide bonds. The number of benzene rings is 2. The summed E-state index contributed by atoms with van der Waals surface area (Å²) < 4.78 is 27.6. The fourth-order valence-electron chi connectivity index (χ4n) is 4.26. The first kappa shape index (κ1) is 20.3. The predicted molar refractivity (Wildman–Crippen MR) is 111 cm³/mol. The van der Waals surface area contributed by atoms with E-state index in [2.05, 4.69) is 5.32 Å². The molecule has 1 heterocycles. The standard InChI is InChI=1S/C23H25F2N3O2/c24-18-10-11-19(25)17(14-18)15-27-12-5-13-28(23(27)30)21-9-4-3-8-20(21)26-22(29)16-6-1-2-7-16/h3-4,8-11,14,16H,1-2,5-7,12-13,15H2,(H,26,29). The van der Waals surface area contributed by atoms with Gasteiger partial charge in [0.1, 0.15) is 11.6 Å². The van der Waals surface area contributed by atoms with E-state index < -0.39 is 11.6 Å². The maximum Gasteiger partial charge on any atom is 0.324 e. The summed E-state index contributed by atoms with van der Waals surface area (Å²) in [4.78, 5) is 28.9. The van der Waals surface area contributed by atoms with Crippen LogP contribution in [-0.2, 0) is 11.3 Å². The van der Waals surface area contributed by atoms with Crippen LogP contribution in [-0.4, -0.2) is 29.9 Å². The normalized spacial score (nSPS) is 17.5. The summed E-state index contributed by atoms with van der Waals surface area (Å²) in [5.74, 6) is -1.07. The summed E-state index contributed by atoms with van der Waals surface area (Å²) in [5.41, 5.74) is 1.37. The fourth-order valence-corrected chi connectivity index (χ4v) is 4.26. The Morgan fingerprint density at radius 1 is 1.03 bits per heavy atom. The number of carbonyl (C=O) groups excluding carboxylic acids is 2. The number of hydrogen-bond donors (Lipinski definition) is 1. The fraction of sp³-hybridized carbons (Fsp3) is 0.391. The predicted octanol–water partition coefficient (Wildman–Crippen LogP) is 4.93. The molecule has 0 unspecified atom stereocenters. The molecule has 2 fully saturated rings. The number of amides is 3. The van der Waals surface area contributed by atoms with Crippen molar-refractivity contribution in [3.05, 3.63) is 59.7 Å².